The summed E-state index contributed by atoms with van der Waals surface area (Å²) in [5, 5.41) is 8.75. The number of hydrogen-bond acceptors (Lipinski definition) is 3. The molecule has 4 nitrogen and oxygen atoms in total. The molecule has 0 bridgehead atoms. The molecule has 0 amide bonds. The van der Waals surface area contributed by atoms with Crippen LogP contribution in [0.25, 0.3) is 6.08 Å². The van der Waals surface area contributed by atoms with Gasteiger partial charge in [0.05, 0.1) is 24.6 Å². The van der Waals surface area contributed by atoms with Crippen molar-refractivity contribution < 1.29 is 14.6 Å². The van der Waals surface area contributed by atoms with Gasteiger partial charge in [0.25, 0.3) is 0 Å². The van der Waals surface area contributed by atoms with Crippen molar-refractivity contribution in [3.63, 3.8) is 0 Å². The maximum Gasteiger partial charge on any atom is 0.307 e. The van der Waals surface area contributed by atoms with E-state index in [1.165, 1.54) is 57.8 Å². The van der Waals surface area contributed by atoms with E-state index >= 15 is 0 Å². The summed E-state index contributed by atoms with van der Waals surface area (Å²) in [6, 6.07) is 3.71. The normalized spacial score (nSPS) is 10.8. The van der Waals surface area contributed by atoms with Crippen molar-refractivity contribution in [1.29, 1.82) is 0 Å². The number of aliphatic carboxylic acids is 1. The standard InChI is InChI=1S/C22H34ClNO3.ClH/c1-2-3-4-5-6-7-8-9-10-11-17-27-21-16-15-19(18-23)24-20(21)13-12-14-22(25)26;/h12-13,15-16H,2-11,14,17-18H2,1H3,(H,25,26);1H. The lowest BCUT2D eigenvalue weighted by Crippen LogP contribution is -2.01. The molecule has 1 rings (SSSR count). The molecule has 0 aliphatic carbocycles. The Morgan fingerprint density at radius 2 is 1.68 bits per heavy atom. The first kappa shape index (κ1) is 26.7. The van der Waals surface area contributed by atoms with Gasteiger partial charge in [-0.15, -0.1) is 24.0 Å². The first-order valence-corrected chi connectivity index (χ1v) is 10.8. The number of aromatic nitrogens is 1. The second kappa shape index (κ2) is 17.8. The van der Waals surface area contributed by atoms with E-state index in [2.05, 4.69) is 11.9 Å². The highest BCUT2D eigenvalue weighted by Crippen LogP contribution is 2.20. The zero-order chi connectivity index (χ0) is 19.7. The molecule has 0 aromatic carbocycles. The third-order valence-corrected chi connectivity index (χ3v) is 4.68. The van der Waals surface area contributed by atoms with Gasteiger partial charge in [-0.05, 0) is 24.6 Å². The second-order valence-corrected chi connectivity index (χ2v) is 7.12. The van der Waals surface area contributed by atoms with Crippen LogP contribution in [-0.4, -0.2) is 22.7 Å². The van der Waals surface area contributed by atoms with Crippen molar-refractivity contribution in [3.05, 3.63) is 29.6 Å². The van der Waals surface area contributed by atoms with Gasteiger partial charge in [-0.2, -0.15) is 0 Å². The smallest absolute Gasteiger partial charge is 0.307 e. The van der Waals surface area contributed by atoms with Crippen LogP contribution in [0.15, 0.2) is 18.2 Å². The Hall–Kier alpha value is -1.26. The summed E-state index contributed by atoms with van der Waals surface area (Å²) in [6.45, 7) is 2.90. The van der Waals surface area contributed by atoms with Gasteiger partial charge in [-0.25, -0.2) is 4.98 Å². The molecule has 0 spiro atoms. The highest BCUT2D eigenvalue weighted by Gasteiger charge is 2.05. The van der Waals surface area contributed by atoms with Gasteiger partial charge >= 0.3 is 5.97 Å². The lowest BCUT2D eigenvalue weighted by atomic mass is 10.1. The van der Waals surface area contributed by atoms with E-state index in [1.54, 1.807) is 12.2 Å². The third-order valence-electron chi connectivity index (χ3n) is 4.40. The van der Waals surface area contributed by atoms with E-state index in [4.69, 9.17) is 21.4 Å². The second-order valence-electron chi connectivity index (χ2n) is 6.85. The van der Waals surface area contributed by atoms with Crippen LogP contribution in [0.4, 0.5) is 0 Å². The molecule has 6 heteroatoms. The number of pyridine rings is 1. The van der Waals surface area contributed by atoms with E-state index < -0.39 is 5.97 Å². The minimum atomic E-state index is -0.868. The predicted octanol–water partition coefficient (Wildman–Crippen LogP) is 7.03. The molecule has 0 atom stereocenters. The summed E-state index contributed by atoms with van der Waals surface area (Å²) in [4.78, 5) is 15.1. The Balaban J connectivity index is 0.00000729. The Morgan fingerprint density at radius 3 is 2.25 bits per heavy atom. The largest absolute Gasteiger partial charge is 0.491 e. The van der Waals surface area contributed by atoms with Gasteiger partial charge in [0.2, 0.25) is 0 Å². The van der Waals surface area contributed by atoms with Crippen LogP contribution in [-0.2, 0) is 10.7 Å². The third kappa shape index (κ3) is 13.0. The van der Waals surface area contributed by atoms with Crippen LogP contribution in [0.1, 0.15) is 88.9 Å². The number of carbonyl (C=O) groups is 1. The first-order chi connectivity index (χ1) is 13.2. The van der Waals surface area contributed by atoms with Gasteiger partial charge in [0.1, 0.15) is 11.4 Å². The Bertz CT molecular complexity index is 565. The molecule has 0 fully saturated rings. The van der Waals surface area contributed by atoms with Gasteiger partial charge < -0.3 is 9.84 Å². The van der Waals surface area contributed by atoms with Gasteiger partial charge in [-0.3, -0.25) is 4.79 Å². The monoisotopic (exact) mass is 431 g/mol. The Morgan fingerprint density at radius 1 is 1.07 bits per heavy atom. The number of carboxylic acid groups (broad SMARTS) is 1. The Labute approximate surface area is 181 Å². The van der Waals surface area contributed by atoms with E-state index in [9.17, 15) is 4.79 Å². The molecular weight excluding hydrogens is 397 g/mol. The van der Waals surface area contributed by atoms with Crippen molar-refractivity contribution in [2.75, 3.05) is 6.61 Å². The number of hydrogen-bond donors (Lipinski definition) is 1. The number of rotatable bonds is 16. The summed E-state index contributed by atoms with van der Waals surface area (Å²) >= 11 is 5.84. The molecule has 0 radical (unpaired) electrons. The number of ether oxygens (including phenoxy) is 1. The molecule has 1 aromatic heterocycles. The maximum absolute atomic E-state index is 10.7. The average Bonchev–Trinajstić information content (AvgIpc) is 2.66. The summed E-state index contributed by atoms with van der Waals surface area (Å²) in [6.07, 6.45) is 16.1. The Kier molecular flexibility index (Phi) is 17.0. The van der Waals surface area contributed by atoms with Gasteiger partial charge in [0.15, 0.2) is 0 Å². The van der Waals surface area contributed by atoms with Crippen LogP contribution in [0, 0.1) is 0 Å². The molecule has 0 aliphatic rings. The van der Waals surface area contributed by atoms with Crippen molar-refractivity contribution in [2.24, 2.45) is 0 Å². The van der Waals surface area contributed by atoms with Crippen LogP contribution in [0.5, 0.6) is 5.75 Å². The molecule has 1 aromatic rings. The average molecular weight is 432 g/mol. The fourth-order valence-corrected chi connectivity index (χ4v) is 3.01. The number of unbranched alkanes of at least 4 members (excludes halogenated alkanes) is 9. The molecule has 0 saturated heterocycles. The fraction of sp³-hybridized carbons (Fsp3) is 0.636. The number of halogens is 2. The van der Waals surface area contributed by atoms with Crippen LogP contribution in [0.2, 0.25) is 0 Å². The topological polar surface area (TPSA) is 59.4 Å². The van der Waals surface area contributed by atoms with Gasteiger partial charge in [0, 0.05) is 0 Å². The lowest BCUT2D eigenvalue weighted by Gasteiger charge is -2.10. The van der Waals surface area contributed by atoms with Crippen molar-refractivity contribution >= 4 is 36.1 Å². The molecule has 0 aliphatic heterocycles. The zero-order valence-electron chi connectivity index (χ0n) is 17.0. The van der Waals surface area contributed by atoms with Crippen molar-refractivity contribution in [2.45, 2.75) is 83.4 Å². The molecule has 1 N–H and O–H groups in total. The minimum Gasteiger partial charge on any atom is -0.491 e. The minimum absolute atomic E-state index is 0. The fourth-order valence-electron chi connectivity index (χ4n) is 2.86. The number of alkyl halides is 1. The number of carboxylic acids is 1. The lowest BCUT2D eigenvalue weighted by molar-refractivity contribution is -0.135. The van der Waals surface area contributed by atoms with Crippen molar-refractivity contribution in [3.8, 4) is 5.75 Å². The van der Waals surface area contributed by atoms with E-state index in [0.29, 0.717) is 23.9 Å². The zero-order valence-corrected chi connectivity index (χ0v) is 18.6. The van der Waals surface area contributed by atoms with E-state index in [1.807, 2.05) is 12.1 Å². The van der Waals surface area contributed by atoms with Crippen molar-refractivity contribution in [1.82, 2.24) is 4.98 Å². The highest BCUT2D eigenvalue weighted by molar-refractivity contribution is 6.16. The van der Waals surface area contributed by atoms with Gasteiger partial charge in [-0.1, -0.05) is 70.8 Å². The van der Waals surface area contributed by atoms with E-state index in [-0.39, 0.29) is 18.8 Å². The quantitative estimate of drug-likeness (QED) is 0.225. The maximum atomic E-state index is 10.7. The first-order valence-electron chi connectivity index (χ1n) is 10.2. The molecule has 1 heterocycles. The van der Waals surface area contributed by atoms with Crippen LogP contribution >= 0.6 is 24.0 Å². The van der Waals surface area contributed by atoms with Crippen LogP contribution < -0.4 is 4.74 Å². The molecule has 28 heavy (non-hydrogen) atoms. The van der Waals surface area contributed by atoms with E-state index in [0.717, 1.165) is 12.1 Å². The van der Waals surface area contributed by atoms with Crippen LogP contribution in [0.3, 0.4) is 0 Å². The SMILES string of the molecule is CCCCCCCCCCCCOc1ccc(CCl)nc1C=CCC(=O)O.Cl. The highest BCUT2D eigenvalue weighted by atomic mass is 35.5. The summed E-state index contributed by atoms with van der Waals surface area (Å²) in [5.74, 6) is 0.132. The number of nitrogens with zero attached hydrogens (tertiary/aromatic N) is 1. The summed E-state index contributed by atoms with van der Waals surface area (Å²) < 4.78 is 5.86. The summed E-state index contributed by atoms with van der Waals surface area (Å²) in [5.41, 5.74) is 1.39. The predicted molar refractivity (Wildman–Crippen MR) is 120 cm³/mol. The molecule has 0 saturated carbocycles. The summed E-state index contributed by atoms with van der Waals surface area (Å²) in [7, 11) is 0. The molecule has 0 unspecified atom stereocenters. The molecule has 160 valence electrons. The molecular formula is C22H35Cl2NO3.